The fraction of sp³-hybridized carbons (Fsp3) is 0.615. The number of rotatable bonds is 9. The van der Waals surface area contributed by atoms with Gasteiger partial charge in [-0.15, -0.1) is 0 Å². The molecule has 0 N–H and O–H groups in total. The van der Waals surface area contributed by atoms with E-state index < -0.39 is 0 Å². The highest BCUT2D eigenvalue weighted by molar-refractivity contribution is 5.65. The van der Waals surface area contributed by atoms with Crippen molar-refractivity contribution in [1.29, 1.82) is 0 Å². The Morgan fingerprint density at radius 3 is 2.29 bits per heavy atom. The molecule has 0 bridgehead atoms. The monoisotopic (exact) mass is 194 g/mol. The second-order valence-corrected chi connectivity index (χ2v) is 3.51. The lowest BCUT2D eigenvalue weighted by molar-refractivity contribution is -0.104. The average molecular weight is 194 g/mol. The van der Waals surface area contributed by atoms with Gasteiger partial charge in [0.15, 0.2) is 0 Å². The maximum absolute atomic E-state index is 9.92. The van der Waals surface area contributed by atoms with Crippen LogP contribution in [0.3, 0.4) is 0 Å². The van der Waals surface area contributed by atoms with Gasteiger partial charge in [0.25, 0.3) is 0 Å². The summed E-state index contributed by atoms with van der Waals surface area (Å²) in [7, 11) is 0. The second kappa shape index (κ2) is 12.2. The molecule has 80 valence electrons. The van der Waals surface area contributed by atoms with E-state index in [1.807, 2.05) is 6.08 Å². The molecule has 0 amide bonds. The van der Waals surface area contributed by atoms with Crippen molar-refractivity contribution in [3.05, 3.63) is 24.3 Å². The number of aldehydes is 1. The maximum atomic E-state index is 9.92. The summed E-state index contributed by atoms with van der Waals surface area (Å²) in [5.74, 6) is 0. The molecule has 0 aromatic carbocycles. The molecular weight excluding hydrogens is 172 g/mol. The first kappa shape index (κ1) is 13.2. The highest BCUT2D eigenvalue weighted by Crippen LogP contribution is 2.06. The minimum Gasteiger partial charge on any atom is -0.299 e. The van der Waals surface area contributed by atoms with Gasteiger partial charge in [-0.3, -0.25) is 4.79 Å². The van der Waals surface area contributed by atoms with Gasteiger partial charge in [0.2, 0.25) is 0 Å². The highest BCUT2D eigenvalue weighted by atomic mass is 16.1. The number of hydrogen-bond donors (Lipinski definition) is 0. The smallest absolute Gasteiger partial charge is 0.142 e. The summed E-state index contributed by atoms with van der Waals surface area (Å²) < 4.78 is 0. The SMILES string of the molecule is CCCCCCCC/C=C\C=C\C=O. The van der Waals surface area contributed by atoms with E-state index in [-0.39, 0.29) is 0 Å². The van der Waals surface area contributed by atoms with E-state index in [0.29, 0.717) is 0 Å². The summed E-state index contributed by atoms with van der Waals surface area (Å²) >= 11 is 0. The van der Waals surface area contributed by atoms with Crippen molar-refractivity contribution >= 4 is 6.29 Å². The van der Waals surface area contributed by atoms with E-state index in [1.54, 1.807) is 6.08 Å². The third-order valence-corrected chi connectivity index (χ3v) is 2.16. The van der Waals surface area contributed by atoms with Crippen LogP contribution in [0.4, 0.5) is 0 Å². The molecule has 0 fully saturated rings. The van der Waals surface area contributed by atoms with Crippen molar-refractivity contribution in [2.45, 2.75) is 51.9 Å². The Kier molecular flexibility index (Phi) is 11.4. The van der Waals surface area contributed by atoms with Crippen molar-refractivity contribution in [1.82, 2.24) is 0 Å². The normalized spacial score (nSPS) is 11.5. The van der Waals surface area contributed by atoms with Gasteiger partial charge < -0.3 is 0 Å². The number of carbonyl (C=O) groups is 1. The van der Waals surface area contributed by atoms with E-state index in [9.17, 15) is 4.79 Å². The Bertz CT molecular complexity index is 168. The molecule has 0 aliphatic carbocycles. The summed E-state index contributed by atoms with van der Waals surface area (Å²) in [5, 5.41) is 0. The van der Waals surface area contributed by atoms with Gasteiger partial charge in [-0.2, -0.15) is 0 Å². The zero-order valence-corrected chi connectivity index (χ0v) is 9.24. The predicted octanol–water partition coefficient (Wildman–Crippen LogP) is 4.05. The topological polar surface area (TPSA) is 17.1 Å². The van der Waals surface area contributed by atoms with Gasteiger partial charge in [0.1, 0.15) is 6.29 Å². The lowest BCUT2D eigenvalue weighted by Crippen LogP contribution is -1.77. The molecular formula is C13H22O. The first-order chi connectivity index (χ1) is 6.91. The Balaban J connectivity index is 3.08. The van der Waals surface area contributed by atoms with Gasteiger partial charge in [-0.1, -0.05) is 57.3 Å². The van der Waals surface area contributed by atoms with Crippen LogP contribution in [0.1, 0.15) is 51.9 Å². The summed E-state index contributed by atoms with van der Waals surface area (Å²) in [4.78, 5) is 9.92. The van der Waals surface area contributed by atoms with Gasteiger partial charge in [-0.05, 0) is 18.9 Å². The molecule has 1 heteroatoms. The van der Waals surface area contributed by atoms with Gasteiger partial charge >= 0.3 is 0 Å². The molecule has 0 rings (SSSR count). The summed E-state index contributed by atoms with van der Waals surface area (Å²) in [6, 6.07) is 0. The fourth-order valence-electron chi connectivity index (χ4n) is 1.33. The molecule has 0 saturated carbocycles. The molecule has 0 aromatic rings. The molecule has 0 spiro atoms. The minimum atomic E-state index is 0.801. The van der Waals surface area contributed by atoms with Crippen molar-refractivity contribution in [3.63, 3.8) is 0 Å². The molecule has 0 saturated heterocycles. The van der Waals surface area contributed by atoms with Crippen molar-refractivity contribution < 1.29 is 4.79 Å². The van der Waals surface area contributed by atoms with Crippen LogP contribution in [0.2, 0.25) is 0 Å². The van der Waals surface area contributed by atoms with Crippen LogP contribution in [0.5, 0.6) is 0 Å². The van der Waals surface area contributed by atoms with Crippen LogP contribution >= 0.6 is 0 Å². The van der Waals surface area contributed by atoms with Crippen LogP contribution < -0.4 is 0 Å². The Labute approximate surface area is 87.9 Å². The zero-order chi connectivity index (χ0) is 10.5. The first-order valence-corrected chi connectivity index (χ1v) is 5.68. The van der Waals surface area contributed by atoms with E-state index in [0.717, 1.165) is 12.7 Å². The fourth-order valence-corrected chi connectivity index (χ4v) is 1.33. The van der Waals surface area contributed by atoms with Crippen LogP contribution in [-0.2, 0) is 4.79 Å². The van der Waals surface area contributed by atoms with Crippen LogP contribution in [0, 0.1) is 0 Å². The molecule has 14 heavy (non-hydrogen) atoms. The number of unbranched alkanes of at least 4 members (excludes halogenated alkanes) is 6. The molecule has 0 unspecified atom stereocenters. The number of hydrogen-bond acceptors (Lipinski definition) is 1. The standard InChI is InChI=1S/C13H22O/c1-2-3-4-5-6-7-8-9-10-11-12-13-14/h9-13H,2-8H2,1H3/b10-9-,12-11+. The van der Waals surface area contributed by atoms with Gasteiger partial charge in [0, 0.05) is 0 Å². The Morgan fingerprint density at radius 2 is 1.57 bits per heavy atom. The molecule has 1 nitrogen and oxygen atoms in total. The highest BCUT2D eigenvalue weighted by Gasteiger charge is 1.87. The lowest BCUT2D eigenvalue weighted by atomic mass is 10.1. The Morgan fingerprint density at radius 1 is 0.857 bits per heavy atom. The van der Waals surface area contributed by atoms with Crippen molar-refractivity contribution in [2.24, 2.45) is 0 Å². The van der Waals surface area contributed by atoms with Crippen LogP contribution in [-0.4, -0.2) is 6.29 Å². The second-order valence-electron chi connectivity index (χ2n) is 3.51. The van der Waals surface area contributed by atoms with E-state index >= 15 is 0 Å². The molecule has 0 heterocycles. The van der Waals surface area contributed by atoms with E-state index in [2.05, 4.69) is 13.0 Å². The maximum Gasteiger partial charge on any atom is 0.142 e. The summed E-state index contributed by atoms with van der Waals surface area (Å²) in [6.07, 6.45) is 17.3. The third-order valence-electron chi connectivity index (χ3n) is 2.16. The number of allylic oxidation sites excluding steroid dienone is 4. The minimum absolute atomic E-state index is 0.801. The molecule has 0 atom stereocenters. The van der Waals surface area contributed by atoms with Gasteiger partial charge in [-0.25, -0.2) is 0 Å². The molecule has 0 aromatic heterocycles. The molecule has 0 aliphatic heterocycles. The first-order valence-electron chi connectivity index (χ1n) is 5.68. The number of carbonyl (C=O) groups excluding carboxylic acids is 1. The molecule has 0 radical (unpaired) electrons. The van der Waals surface area contributed by atoms with Crippen molar-refractivity contribution in [3.8, 4) is 0 Å². The van der Waals surface area contributed by atoms with Crippen LogP contribution in [0.15, 0.2) is 24.3 Å². The zero-order valence-electron chi connectivity index (χ0n) is 9.24. The molecule has 0 aliphatic rings. The van der Waals surface area contributed by atoms with E-state index in [4.69, 9.17) is 0 Å². The predicted molar refractivity (Wildman–Crippen MR) is 62.3 cm³/mol. The van der Waals surface area contributed by atoms with Crippen LogP contribution in [0.25, 0.3) is 0 Å². The largest absolute Gasteiger partial charge is 0.299 e. The quantitative estimate of drug-likeness (QED) is 0.234. The summed E-state index contributed by atoms with van der Waals surface area (Å²) in [6.45, 7) is 2.24. The van der Waals surface area contributed by atoms with Gasteiger partial charge in [0.05, 0.1) is 0 Å². The third kappa shape index (κ3) is 11.2. The Hall–Kier alpha value is -0.850. The lowest BCUT2D eigenvalue weighted by Gasteiger charge is -1.97. The van der Waals surface area contributed by atoms with E-state index in [1.165, 1.54) is 44.6 Å². The summed E-state index contributed by atoms with van der Waals surface area (Å²) in [5.41, 5.74) is 0. The van der Waals surface area contributed by atoms with Crippen molar-refractivity contribution in [2.75, 3.05) is 0 Å². The average Bonchev–Trinajstić information content (AvgIpc) is 2.21.